The lowest BCUT2D eigenvalue weighted by Crippen LogP contribution is -2.15. The first-order chi connectivity index (χ1) is 11.0. The van der Waals surface area contributed by atoms with Crippen LogP contribution in [-0.4, -0.2) is 13.0 Å². The maximum absolute atomic E-state index is 12.9. The molecule has 0 spiro atoms. The highest BCUT2D eigenvalue weighted by molar-refractivity contribution is 6.05. The number of halogens is 1. The Morgan fingerprint density at radius 2 is 1.70 bits per heavy atom. The number of carbonyl (C=O) groups is 1. The monoisotopic (exact) mass is 313 g/mol. The van der Waals surface area contributed by atoms with Gasteiger partial charge in [-0.2, -0.15) is 0 Å². The van der Waals surface area contributed by atoms with Crippen molar-refractivity contribution in [3.05, 3.63) is 71.2 Å². The molecule has 23 heavy (non-hydrogen) atoms. The van der Waals surface area contributed by atoms with Gasteiger partial charge in [-0.15, -0.1) is 0 Å². The largest absolute Gasteiger partial charge is 0.491 e. The van der Waals surface area contributed by atoms with Crippen LogP contribution < -0.4 is 5.32 Å². The van der Waals surface area contributed by atoms with Crippen LogP contribution >= 0.6 is 0 Å². The van der Waals surface area contributed by atoms with Crippen LogP contribution in [0.5, 0.6) is 0 Å². The van der Waals surface area contributed by atoms with Gasteiger partial charge in [0.25, 0.3) is 5.91 Å². The van der Waals surface area contributed by atoms with Gasteiger partial charge < -0.3 is 10.1 Å². The molecule has 0 heterocycles. The van der Waals surface area contributed by atoms with Gasteiger partial charge in [0.15, 0.2) is 5.76 Å². The summed E-state index contributed by atoms with van der Waals surface area (Å²) in [7, 11) is 1.43. The fourth-order valence-corrected chi connectivity index (χ4v) is 2.07. The molecule has 4 heteroatoms. The maximum atomic E-state index is 12.9. The molecule has 0 saturated heterocycles. The van der Waals surface area contributed by atoms with Gasteiger partial charge in [0.05, 0.1) is 7.11 Å². The summed E-state index contributed by atoms with van der Waals surface area (Å²) in [5.41, 5.74) is 2.59. The van der Waals surface area contributed by atoms with Crippen molar-refractivity contribution in [2.45, 2.75) is 19.8 Å². The lowest BCUT2D eigenvalue weighted by atomic mass is 10.0. The Bertz CT molecular complexity index is 688. The van der Waals surface area contributed by atoms with Crippen LogP contribution in [0.3, 0.4) is 0 Å². The minimum absolute atomic E-state index is 0.157. The van der Waals surface area contributed by atoms with Crippen molar-refractivity contribution in [1.29, 1.82) is 0 Å². The van der Waals surface area contributed by atoms with Crippen molar-refractivity contribution in [3.63, 3.8) is 0 Å². The van der Waals surface area contributed by atoms with E-state index in [2.05, 4.69) is 19.2 Å². The Morgan fingerprint density at radius 3 is 2.22 bits per heavy atom. The summed E-state index contributed by atoms with van der Waals surface area (Å²) in [6.07, 6.45) is 1.57. The second-order valence-corrected chi connectivity index (χ2v) is 5.50. The minimum atomic E-state index is -0.353. The van der Waals surface area contributed by atoms with E-state index in [4.69, 9.17) is 4.74 Å². The number of benzene rings is 2. The van der Waals surface area contributed by atoms with Crippen molar-refractivity contribution in [1.82, 2.24) is 0 Å². The molecule has 0 saturated carbocycles. The van der Waals surface area contributed by atoms with Crippen LogP contribution in [0, 0.1) is 5.82 Å². The molecule has 0 unspecified atom stereocenters. The number of amides is 1. The van der Waals surface area contributed by atoms with Crippen molar-refractivity contribution in [2.24, 2.45) is 0 Å². The zero-order valence-electron chi connectivity index (χ0n) is 13.5. The van der Waals surface area contributed by atoms with Crippen LogP contribution in [0.1, 0.15) is 30.9 Å². The molecule has 3 nitrogen and oxygen atoms in total. The number of rotatable bonds is 5. The SMILES string of the molecule is CO/C(=C\c1ccc(F)cc1)C(=O)Nc1ccc(C(C)C)cc1. The molecule has 2 rings (SSSR count). The highest BCUT2D eigenvalue weighted by Crippen LogP contribution is 2.18. The number of methoxy groups -OCH3 is 1. The quantitative estimate of drug-likeness (QED) is 0.648. The van der Waals surface area contributed by atoms with E-state index in [9.17, 15) is 9.18 Å². The third kappa shape index (κ3) is 4.68. The fourth-order valence-electron chi connectivity index (χ4n) is 2.07. The van der Waals surface area contributed by atoms with Gasteiger partial charge in [0.2, 0.25) is 0 Å². The van der Waals surface area contributed by atoms with Crippen molar-refractivity contribution < 1.29 is 13.9 Å². The first kappa shape index (κ1) is 16.7. The van der Waals surface area contributed by atoms with Gasteiger partial charge in [0, 0.05) is 5.69 Å². The molecule has 120 valence electrons. The maximum Gasteiger partial charge on any atom is 0.290 e. The smallest absolute Gasteiger partial charge is 0.290 e. The summed E-state index contributed by atoms with van der Waals surface area (Å²) in [5, 5.41) is 2.78. The molecular weight excluding hydrogens is 293 g/mol. The topological polar surface area (TPSA) is 38.3 Å². The fraction of sp³-hybridized carbons (Fsp3) is 0.211. The molecule has 0 aliphatic heterocycles. The molecule has 2 aromatic rings. The van der Waals surface area contributed by atoms with Crippen LogP contribution in [0.4, 0.5) is 10.1 Å². The lowest BCUT2D eigenvalue weighted by molar-refractivity contribution is -0.115. The normalized spacial score (nSPS) is 11.4. The van der Waals surface area contributed by atoms with Gasteiger partial charge in [-0.3, -0.25) is 4.79 Å². The standard InChI is InChI=1S/C19H20FNO2/c1-13(2)15-6-10-17(11-7-15)21-19(22)18(23-3)12-14-4-8-16(20)9-5-14/h4-13H,1-3H3,(H,21,22)/b18-12-. The molecule has 0 bridgehead atoms. The van der Waals surface area contributed by atoms with E-state index in [1.807, 2.05) is 24.3 Å². The third-order valence-corrected chi connectivity index (χ3v) is 3.45. The Hall–Kier alpha value is -2.62. The summed E-state index contributed by atoms with van der Waals surface area (Å²) in [6, 6.07) is 13.5. The van der Waals surface area contributed by atoms with E-state index in [1.165, 1.54) is 24.8 Å². The lowest BCUT2D eigenvalue weighted by Gasteiger charge is -2.10. The van der Waals surface area contributed by atoms with E-state index in [0.717, 1.165) is 0 Å². The van der Waals surface area contributed by atoms with E-state index >= 15 is 0 Å². The Kier molecular flexibility index (Phi) is 5.52. The van der Waals surface area contributed by atoms with Crippen molar-refractivity contribution in [2.75, 3.05) is 12.4 Å². The van der Waals surface area contributed by atoms with Crippen molar-refractivity contribution in [3.8, 4) is 0 Å². The van der Waals surface area contributed by atoms with Gasteiger partial charge in [0.1, 0.15) is 5.82 Å². The zero-order chi connectivity index (χ0) is 16.8. The van der Waals surface area contributed by atoms with Crippen LogP contribution in [0.15, 0.2) is 54.3 Å². The number of ether oxygens (including phenoxy) is 1. The van der Waals surface area contributed by atoms with Crippen LogP contribution in [-0.2, 0) is 9.53 Å². The first-order valence-corrected chi connectivity index (χ1v) is 7.42. The molecule has 0 atom stereocenters. The average Bonchev–Trinajstić information content (AvgIpc) is 2.54. The van der Waals surface area contributed by atoms with Crippen molar-refractivity contribution >= 4 is 17.7 Å². The second kappa shape index (κ2) is 7.58. The predicted octanol–water partition coefficient (Wildman–Crippen LogP) is 4.58. The van der Waals surface area contributed by atoms with E-state index in [-0.39, 0.29) is 17.5 Å². The summed E-state index contributed by atoms with van der Waals surface area (Å²) in [6.45, 7) is 4.23. The Labute approximate surface area is 135 Å². The van der Waals surface area contributed by atoms with Crippen LogP contribution in [0.25, 0.3) is 6.08 Å². The van der Waals surface area contributed by atoms with Gasteiger partial charge in [-0.1, -0.05) is 38.1 Å². The minimum Gasteiger partial charge on any atom is -0.491 e. The number of anilines is 1. The van der Waals surface area contributed by atoms with Crippen LogP contribution in [0.2, 0.25) is 0 Å². The summed E-state index contributed by atoms with van der Waals surface area (Å²) in [5.74, 6) is -0.0814. The molecule has 2 aromatic carbocycles. The summed E-state index contributed by atoms with van der Waals surface area (Å²) < 4.78 is 18.0. The number of hydrogen-bond acceptors (Lipinski definition) is 2. The summed E-state index contributed by atoms with van der Waals surface area (Å²) in [4.78, 5) is 12.3. The number of nitrogens with one attached hydrogen (secondary N) is 1. The van der Waals surface area contributed by atoms with Gasteiger partial charge in [-0.25, -0.2) is 4.39 Å². The number of carbonyl (C=O) groups excluding carboxylic acids is 1. The highest BCUT2D eigenvalue weighted by Gasteiger charge is 2.10. The molecule has 1 N–H and O–H groups in total. The molecule has 1 amide bonds. The highest BCUT2D eigenvalue weighted by atomic mass is 19.1. The van der Waals surface area contributed by atoms with E-state index < -0.39 is 0 Å². The molecular formula is C19H20FNO2. The van der Waals surface area contributed by atoms with E-state index in [0.29, 0.717) is 17.2 Å². The number of hydrogen-bond donors (Lipinski definition) is 1. The molecule has 0 aromatic heterocycles. The summed E-state index contributed by atoms with van der Waals surface area (Å²) >= 11 is 0. The molecule has 0 fully saturated rings. The predicted molar refractivity (Wildman–Crippen MR) is 90.5 cm³/mol. The molecule has 0 radical (unpaired) electrons. The Morgan fingerprint density at radius 1 is 1.09 bits per heavy atom. The first-order valence-electron chi connectivity index (χ1n) is 7.42. The average molecular weight is 313 g/mol. The van der Waals surface area contributed by atoms with Gasteiger partial charge >= 0.3 is 0 Å². The molecule has 0 aliphatic carbocycles. The molecule has 0 aliphatic rings. The zero-order valence-corrected chi connectivity index (χ0v) is 13.5. The van der Waals surface area contributed by atoms with E-state index in [1.54, 1.807) is 18.2 Å². The van der Waals surface area contributed by atoms with Gasteiger partial charge in [-0.05, 0) is 47.4 Å². The third-order valence-electron chi connectivity index (χ3n) is 3.45. The second-order valence-electron chi connectivity index (χ2n) is 5.50. The Balaban J connectivity index is 2.12.